The summed E-state index contributed by atoms with van der Waals surface area (Å²) in [7, 11) is 0. The van der Waals surface area contributed by atoms with Gasteiger partial charge in [0, 0.05) is 11.1 Å². The molecule has 1 atom stereocenters. The molecule has 4 nitrogen and oxygen atoms in total. The van der Waals surface area contributed by atoms with Gasteiger partial charge in [-0.3, -0.25) is 0 Å². The van der Waals surface area contributed by atoms with Crippen LogP contribution in [0.3, 0.4) is 0 Å². The van der Waals surface area contributed by atoms with E-state index in [1.165, 1.54) is 11.8 Å². The van der Waals surface area contributed by atoms with E-state index in [-0.39, 0.29) is 6.61 Å². The van der Waals surface area contributed by atoms with Crippen molar-refractivity contribution in [1.29, 1.82) is 0 Å². The fraction of sp³-hybridized carbons (Fsp3) is 0.300. The van der Waals surface area contributed by atoms with Gasteiger partial charge in [-0.15, -0.1) is 11.8 Å². The van der Waals surface area contributed by atoms with Crippen LogP contribution >= 0.6 is 11.8 Å². The molecule has 0 bridgehead atoms. The maximum atomic E-state index is 10.3. The average Bonchev–Trinajstić information content (AvgIpc) is 2.59. The van der Waals surface area contributed by atoms with Crippen molar-refractivity contribution >= 4 is 22.7 Å². The number of aliphatic hydroxyl groups is 1. The predicted molar refractivity (Wildman–Crippen MR) is 102 cm³/mol. The quantitative estimate of drug-likeness (QED) is 0.534. The summed E-state index contributed by atoms with van der Waals surface area (Å²) in [5.74, 6) is 2.11. The molecule has 0 spiro atoms. The largest absolute Gasteiger partial charge is 0.490 e. The molecule has 0 radical (unpaired) electrons. The molecule has 1 aromatic heterocycles. The number of aliphatic hydroxyl groups excluding tert-OH is 1. The number of ether oxygens (including phenoxy) is 1. The Morgan fingerprint density at radius 2 is 1.72 bits per heavy atom. The van der Waals surface area contributed by atoms with Gasteiger partial charge in [0.15, 0.2) is 0 Å². The van der Waals surface area contributed by atoms with Crippen LogP contribution in [0.15, 0.2) is 47.5 Å². The highest BCUT2D eigenvalue weighted by Gasteiger charge is 2.12. The molecular weight excluding hydrogens is 332 g/mol. The van der Waals surface area contributed by atoms with Gasteiger partial charge in [-0.25, -0.2) is 9.97 Å². The highest BCUT2D eigenvalue weighted by atomic mass is 32.2. The van der Waals surface area contributed by atoms with Crippen LogP contribution < -0.4 is 4.74 Å². The molecule has 25 heavy (non-hydrogen) atoms. The zero-order valence-corrected chi connectivity index (χ0v) is 15.5. The standard InChI is InChI=1S/C20H22N2O2S/c1-13-7-6-8-14(2)19(13)24-11-16(23)12-25-20-17-9-4-5-10-18(17)21-15(3)22-20/h4-10,16,23H,11-12H2,1-3H3/t16-/m0/s1. The van der Waals surface area contributed by atoms with Crippen molar-refractivity contribution in [1.82, 2.24) is 9.97 Å². The van der Waals surface area contributed by atoms with Crippen molar-refractivity contribution in [3.63, 3.8) is 0 Å². The summed E-state index contributed by atoms with van der Waals surface area (Å²) in [6, 6.07) is 14.0. The third-order valence-electron chi connectivity index (χ3n) is 3.92. The van der Waals surface area contributed by atoms with Crippen molar-refractivity contribution < 1.29 is 9.84 Å². The van der Waals surface area contributed by atoms with Crippen LogP contribution in [0.4, 0.5) is 0 Å². The Bertz CT molecular complexity index is 862. The number of hydrogen-bond donors (Lipinski definition) is 1. The molecular formula is C20H22N2O2S. The lowest BCUT2D eigenvalue weighted by Crippen LogP contribution is -2.20. The lowest BCUT2D eigenvalue weighted by Gasteiger charge is -2.15. The molecule has 0 saturated heterocycles. The van der Waals surface area contributed by atoms with Gasteiger partial charge in [0.2, 0.25) is 0 Å². The molecule has 0 fully saturated rings. The van der Waals surface area contributed by atoms with Crippen LogP contribution in [0, 0.1) is 20.8 Å². The van der Waals surface area contributed by atoms with Crippen LogP contribution in [0.25, 0.3) is 10.9 Å². The SMILES string of the molecule is Cc1nc(SC[C@@H](O)COc2c(C)cccc2C)c2ccccc2n1. The fourth-order valence-corrected chi connectivity index (χ4v) is 3.67. The number of para-hydroxylation sites is 2. The van der Waals surface area contributed by atoms with E-state index in [0.29, 0.717) is 5.75 Å². The molecule has 0 unspecified atom stereocenters. The van der Waals surface area contributed by atoms with Gasteiger partial charge in [-0.1, -0.05) is 36.4 Å². The van der Waals surface area contributed by atoms with Gasteiger partial charge in [0.25, 0.3) is 0 Å². The van der Waals surface area contributed by atoms with E-state index in [2.05, 4.69) is 9.97 Å². The van der Waals surface area contributed by atoms with E-state index < -0.39 is 6.10 Å². The Kier molecular flexibility index (Phi) is 5.56. The molecule has 0 aliphatic carbocycles. The molecule has 0 amide bonds. The van der Waals surface area contributed by atoms with Crippen LogP contribution in [-0.4, -0.2) is 33.5 Å². The van der Waals surface area contributed by atoms with E-state index in [0.717, 1.165) is 38.6 Å². The number of aryl methyl sites for hydroxylation is 3. The smallest absolute Gasteiger partial charge is 0.127 e. The first-order valence-electron chi connectivity index (χ1n) is 8.28. The molecule has 0 saturated carbocycles. The molecule has 3 aromatic rings. The van der Waals surface area contributed by atoms with Crippen LogP contribution in [0.5, 0.6) is 5.75 Å². The number of aromatic nitrogens is 2. The Morgan fingerprint density at radius 3 is 2.48 bits per heavy atom. The summed E-state index contributed by atoms with van der Waals surface area (Å²) in [6.07, 6.45) is -0.571. The summed E-state index contributed by atoms with van der Waals surface area (Å²) in [5.41, 5.74) is 3.09. The lowest BCUT2D eigenvalue weighted by atomic mass is 10.1. The van der Waals surface area contributed by atoms with E-state index in [1.807, 2.05) is 63.2 Å². The lowest BCUT2D eigenvalue weighted by molar-refractivity contribution is 0.125. The summed E-state index contributed by atoms with van der Waals surface area (Å²) in [4.78, 5) is 8.97. The third-order valence-corrected chi connectivity index (χ3v) is 5.06. The normalized spacial score (nSPS) is 12.3. The van der Waals surface area contributed by atoms with Gasteiger partial charge in [0.05, 0.1) is 11.6 Å². The number of nitrogens with zero attached hydrogens (tertiary/aromatic N) is 2. The molecule has 5 heteroatoms. The van der Waals surface area contributed by atoms with E-state index in [1.54, 1.807) is 0 Å². The zero-order valence-electron chi connectivity index (χ0n) is 14.7. The van der Waals surface area contributed by atoms with Gasteiger partial charge < -0.3 is 9.84 Å². The minimum Gasteiger partial charge on any atom is -0.490 e. The summed E-state index contributed by atoms with van der Waals surface area (Å²) in [6.45, 7) is 6.18. The molecule has 1 heterocycles. The minimum absolute atomic E-state index is 0.265. The van der Waals surface area contributed by atoms with Crippen molar-refractivity contribution in [2.45, 2.75) is 31.9 Å². The van der Waals surface area contributed by atoms with Gasteiger partial charge in [0.1, 0.15) is 23.2 Å². The monoisotopic (exact) mass is 354 g/mol. The van der Waals surface area contributed by atoms with E-state index in [9.17, 15) is 5.11 Å². The third kappa shape index (κ3) is 4.30. The Morgan fingerprint density at radius 1 is 1.00 bits per heavy atom. The molecule has 1 N–H and O–H groups in total. The number of fused-ring (bicyclic) bond motifs is 1. The molecule has 0 aliphatic heterocycles. The number of hydrogen-bond acceptors (Lipinski definition) is 5. The molecule has 130 valence electrons. The highest BCUT2D eigenvalue weighted by molar-refractivity contribution is 7.99. The zero-order chi connectivity index (χ0) is 17.8. The summed E-state index contributed by atoms with van der Waals surface area (Å²) >= 11 is 1.53. The van der Waals surface area contributed by atoms with Crippen molar-refractivity contribution in [2.24, 2.45) is 0 Å². The fourth-order valence-electron chi connectivity index (χ4n) is 2.70. The Labute approximate surface area is 152 Å². The number of thioether (sulfide) groups is 1. The summed E-state index contributed by atoms with van der Waals surface area (Å²) < 4.78 is 5.83. The maximum absolute atomic E-state index is 10.3. The number of benzene rings is 2. The van der Waals surface area contributed by atoms with Crippen LogP contribution in [0.2, 0.25) is 0 Å². The van der Waals surface area contributed by atoms with Crippen LogP contribution in [-0.2, 0) is 0 Å². The Hall–Kier alpha value is -2.11. The topological polar surface area (TPSA) is 55.2 Å². The molecule has 0 aliphatic rings. The maximum Gasteiger partial charge on any atom is 0.127 e. The van der Waals surface area contributed by atoms with Gasteiger partial charge >= 0.3 is 0 Å². The Balaban J connectivity index is 1.64. The first-order valence-corrected chi connectivity index (χ1v) is 9.26. The van der Waals surface area contributed by atoms with Gasteiger partial charge in [-0.05, 0) is 38.0 Å². The first kappa shape index (κ1) is 17.7. The van der Waals surface area contributed by atoms with Crippen molar-refractivity contribution in [3.8, 4) is 5.75 Å². The highest BCUT2D eigenvalue weighted by Crippen LogP contribution is 2.26. The predicted octanol–water partition coefficient (Wildman–Crippen LogP) is 4.09. The van der Waals surface area contributed by atoms with Crippen molar-refractivity contribution in [2.75, 3.05) is 12.4 Å². The summed E-state index contributed by atoms with van der Waals surface area (Å²) in [5, 5.41) is 12.2. The van der Waals surface area contributed by atoms with E-state index in [4.69, 9.17) is 4.74 Å². The van der Waals surface area contributed by atoms with Crippen molar-refractivity contribution in [3.05, 3.63) is 59.4 Å². The molecule has 2 aromatic carbocycles. The second-order valence-corrected chi connectivity index (χ2v) is 7.10. The first-order chi connectivity index (χ1) is 12.0. The second kappa shape index (κ2) is 7.85. The minimum atomic E-state index is -0.571. The number of rotatable bonds is 6. The van der Waals surface area contributed by atoms with Gasteiger partial charge in [-0.2, -0.15) is 0 Å². The molecule has 3 rings (SSSR count). The van der Waals surface area contributed by atoms with E-state index >= 15 is 0 Å². The second-order valence-electron chi connectivity index (χ2n) is 6.09. The van der Waals surface area contributed by atoms with Crippen LogP contribution in [0.1, 0.15) is 17.0 Å². The average molecular weight is 354 g/mol.